The van der Waals surface area contributed by atoms with Crippen LogP contribution in [0, 0.1) is 0 Å². The van der Waals surface area contributed by atoms with Gasteiger partial charge in [-0.05, 0) is 6.42 Å². The number of pyridine rings is 1. The molecule has 0 saturated heterocycles. The molecule has 194 valence electrons. The summed E-state index contributed by atoms with van der Waals surface area (Å²) < 4.78 is 2.30. The lowest BCUT2D eigenvalue weighted by Gasteiger charge is -2.04. The van der Waals surface area contributed by atoms with Crippen LogP contribution >= 0.6 is 0 Å². The summed E-state index contributed by atoms with van der Waals surface area (Å²) in [6.45, 7) is 3.48. The van der Waals surface area contributed by atoms with Crippen LogP contribution in [0.25, 0.3) is 0 Å². The molecule has 0 radical (unpaired) electrons. The van der Waals surface area contributed by atoms with Gasteiger partial charge in [-0.15, -0.1) is 0 Å². The average Bonchev–Trinajstić information content (AvgIpc) is 2.82. The van der Waals surface area contributed by atoms with Crippen LogP contribution in [0.15, 0.2) is 30.6 Å². The Labute approximate surface area is 207 Å². The average molecular weight is 464 g/mol. The second-order valence-electron chi connectivity index (χ2n) is 10.2. The molecule has 1 rings (SSSR count). The molecule has 0 aliphatic rings. The Bertz CT molecular complexity index is 461. The van der Waals surface area contributed by atoms with Crippen molar-refractivity contribution in [2.24, 2.45) is 0 Å². The van der Waals surface area contributed by atoms with Crippen molar-refractivity contribution in [3.63, 3.8) is 0 Å². The Morgan fingerprint density at radius 1 is 0.364 bits per heavy atom. The van der Waals surface area contributed by atoms with E-state index in [4.69, 9.17) is 0 Å². The summed E-state index contributed by atoms with van der Waals surface area (Å²) in [7, 11) is 0. The summed E-state index contributed by atoms with van der Waals surface area (Å²) in [5.74, 6) is 0. The maximum atomic E-state index is 2.30. The first-order valence-corrected chi connectivity index (χ1v) is 14.9. The molecule has 0 saturated carbocycles. The molecule has 1 heterocycles. The second kappa shape index (κ2) is 27.3. The summed E-state index contributed by atoms with van der Waals surface area (Å²) in [4.78, 5) is 0. The van der Waals surface area contributed by atoms with Gasteiger partial charge in [0.1, 0.15) is 6.54 Å². The SMILES string of the molecule is CCCCCCCCCCCCCCCCCCCCCCCCCC[n+]1ccccc1.[F-]. The Morgan fingerprint density at radius 2 is 0.636 bits per heavy atom. The fourth-order valence-electron chi connectivity index (χ4n) is 4.84. The number of halogens is 1. The molecule has 0 aliphatic heterocycles. The van der Waals surface area contributed by atoms with Gasteiger partial charge in [0.25, 0.3) is 0 Å². The molecule has 0 amide bonds. The van der Waals surface area contributed by atoms with Crippen molar-refractivity contribution < 1.29 is 9.27 Å². The minimum Gasteiger partial charge on any atom is -1.00 e. The van der Waals surface area contributed by atoms with Crippen molar-refractivity contribution in [3.8, 4) is 0 Å². The first kappa shape index (κ1) is 32.1. The van der Waals surface area contributed by atoms with Gasteiger partial charge in [0.05, 0.1) is 0 Å². The molecule has 1 nitrogen and oxygen atoms in total. The molecule has 0 unspecified atom stereocenters. The van der Waals surface area contributed by atoms with E-state index in [1.54, 1.807) is 0 Å². The third kappa shape index (κ3) is 24.0. The molecule has 2 heteroatoms. The van der Waals surface area contributed by atoms with E-state index in [2.05, 4.69) is 42.1 Å². The highest BCUT2D eigenvalue weighted by atomic mass is 19.0. The summed E-state index contributed by atoms with van der Waals surface area (Å²) in [6.07, 6.45) is 39.4. The van der Waals surface area contributed by atoms with Gasteiger partial charge in [0.15, 0.2) is 12.4 Å². The first-order valence-electron chi connectivity index (χ1n) is 14.9. The van der Waals surface area contributed by atoms with Crippen molar-refractivity contribution in [3.05, 3.63) is 30.6 Å². The van der Waals surface area contributed by atoms with E-state index in [1.807, 2.05) is 0 Å². The fourth-order valence-corrected chi connectivity index (χ4v) is 4.84. The van der Waals surface area contributed by atoms with Crippen molar-refractivity contribution in [2.75, 3.05) is 0 Å². The number of hydrogen-bond donors (Lipinski definition) is 0. The molecule has 0 fully saturated rings. The van der Waals surface area contributed by atoms with E-state index in [-0.39, 0.29) is 4.70 Å². The Kier molecular flexibility index (Phi) is 26.6. The minimum atomic E-state index is 0. The number of aromatic nitrogens is 1. The molecule has 33 heavy (non-hydrogen) atoms. The lowest BCUT2D eigenvalue weighted by atomic mass is 10.0. The zero-order chi connectivity index (χ0) is 22.8. The van der Waals surface area contributed by atoms with Crippen LogP contribution in [0.4, 0.5) is 0 Å². The zero-order valence-corrected chi connectivity index (χ0v) is 22.4. The lowest BCUT2D eigenvalue weighted by molar-refractivity contribution is -0.697. The van der Waals surface area contributed by atoms with Crippen molar-refractivity contribution in [1.82, 2.24) is 0 Å². The molecule has 0 spiro atoms. The Hall–Kier alpha value is -0.920. The lowest BCUT2D eigenvalue weighted by Crippen LogP contribution is -3.00. The maximum Gasteiger partial charge on any atom is 0.168 e. The predicted molar refractivity (Wildman–Crippen MR) is 143 cm³/mol. The van der Waals surface area contributed by atoms with Crippen LogP contribution in [0.2, 0.25) is 0 Å². The number of unbranched alkanes of at least 4 members (excludes halogenated alkanes) is 23. The van der Waals surface area contributed by atoms with Gasteiger partial charge in [-0.3, -0.25) is 0 Å². The van der Waals surface area contributed by atoms with Crippen molar-refractivity contribution in [2.45, 2.75) is 168 Å². The van der Waals surface area contributed by atoms with Crippen molar-refractivity contribution in [1.29, 1.82) is 0 Å². The molecular formula is C31H58FN. The van der Waals surface area contributed by atoms with Gasteiger partial charge in [0, 0.05) is 18.6 Å². The summed E-state index contributed by atoms with van der Waals surface area (Å²) in [5.41, 5.74) is 0. The summed E-state index contributed by atoms with van der Waals surface area (Å²) in [5, 5.41) is 0. The molecule has 1 aromatic rings. The molecule has 1 aromatic heterocycles. The summed E-state index contributed by atoms with van der Waals surface area (Å²) in [6, 6.07) is 6.34. The van der Waals surface area contributed by atoms with Crippen LogP contribution in [0.3, 0.4) is 0 Å². The topological polar surface area (TPSA) is 3.88 Å². The van der Waals surface area contributed by atoms with Crippen LogP contribution in [0.1, 0.15) is 161 Å². The van der Waals surface area contributed by atoms with Gasteiger partial charge in [-0.25, -0.2) is 4.57 Å². The van der Waals surface area contributed by atoms with Crippen LogP contribution < -0.4 is 9.27 Å². The standard InChI is InChI=1S/C31H58N.FH/c1-2-3-4-5-6-7-8-9-10-11-12-13-14-15-16-17-18-19-20-21-22-23-24-26-29-32-30-27-25-28-31-32;/h25,27-28,30-31H,2-24,26,29H2,1H3;1H/q+1;/p-1. The highest BCUT2D eigenvalue weighted by Crippen LogP contribution is 2.15. The van der Waals surface area contributed by atoms with Gasteiger partial charge >= 0.3 is 0 Å². The second-order valence-corrected chi connectivity index (χ2v) is 10.2. The van der Waals surface area contributed by atoms with E-state index in [0.717, 1.165) is 0 Å². The Balaban J connectivity index is 0.0000102. The van der Waals surface area contributed by atoms with E-state index >= 15 is 0 Å². The molecule has 0 N–H and O–H groups in total. The van der Waals surface area contributed by atoms with Crippen molar-refractivity contribution >= 4 is 0 Å². The molecule has 0 bridgehead atoms. The molecule has 0 aliphatic carbocycles. The predicted octanol–water partition coefficient (Wildman–Crippen LogP) is 7.36. The van der Waals surface area contributed by atoms with E-state index in [9.17, 15) is 0 Å². The van der Waals surface area contributed by atoms with E-state index in [1.165, 1.54) is 161 Å². The monoisotopic (exact) mass is 463 g/mol. The molecule has 0 aromatic carbocycles. The van der Waals surface area contributed by atoms with Crippen LogP contribution in [-0.2, 0) is 6.54 Å². The number of hydrogen-bond acceptors (Lipinski definition) is 0. The summed E-state index contributed by atoms with van der Waals surface area (Å²) >= 11 is 0. The number of aryl methyl sites for hydroxylation is 1. The van der Waals surface area contributed by atoms with Gasteiger partial charge < -0.3 is 4.70 Å². The number of rotatable bonds is 25. The highest BCUT2D eigenvalue weighted by molar-refractivity contribution is 4.83. The van der Waals surface area contributed by atoms with Gasteiger partial charge in [0.2, 0.25) is 0 Å². The van der Waals surface area contributed by atoms with Gasteiger partial charge in [-0.1, -0.05) is 154 Å². The molecular weight excluding hydrogens is 405 g/mol. The minimum absolute atomic E-state index is 0. The quantitative estimate of drug-likeness (QED) is 0.105. The normalized spacial score (nSPS) is 10.9. The zero-order valence-electron chi connectivity index (χ0n) is 22.4. The molecule has 0 atom stereocenters. The van der Waals surface area contributed by atoms with E-state index in [0.29, 0.717) is 0 Å². The fraction of sp³-hybridized carbons (Fsp3) is 0.839. The maximum absolute atomic E-state index is 2.30. The van der Waals surface area contributed by atoms with E-state index < -0.39 is 0 Å². The largest absolute Gasteiger partial charge is 1.00 e. The highest BCUT2D eigenvalue weighted by Gasteiger charge is 1.98. The first-order chi connectivity index (χ1) is 15.9. The van der Waals surface area contributed by atoms with Gasteiger partial charge in [-0.2, -0.15) is 0 Å². The van der Waals surface area contributed by atoms with Crippen LogP contribution in [0.5, 0.6) is 0 Å². The number of nitrogens with zero attached hydrogens (tertiary/aromatic N) is 1. The Morgan fingerprint density at radius 3 is 0.939 bits per heavy atom. The smallest absolute Gasteiger partial charge is 0.168 e. The third-order valence-electron chi connectivity index (χ3n) is 7.05. The van der Waals surface area contributed by atoms with Crippen LogP contribution in [-0.4, -0.2) is 0 Å². The third-order valence-corrected chi connectivity index (χ3v) is 7.05.